The molecule has 10 heavy (non-hydrogen) atoms. The molecule has 1 aliphatic rings. The van der Waals surface area contributed by atoms with Crippen molar-refractivity contribution in [3.8, 4) is 0 Å². The summed E-state index contributed by atoms with van der Waals surface area (Å²) >= 11 is 0. The van der Waals surface area contributed by atoms with E-state index >= 15 is 0 Å². The quantitative estimate of drug-likeness (QED) is 0.579. The van der Waals surface area contributed by atoms with Crippen molar-refractivity contribution in [2.45, 2.75) is 31.4 Å². The van der Waals surface area contributed by atoms with E-state index in [0.29, 0.717) is 5.92 Å². The van der Waals surface area contributed by atoms with Crippen LogP contribution in [0.2, 0.25) is 0 Å². The molecule has 0 heterocycles. The van der Waals surface area contributed by atoms with E-state index in [4.69, 9.17) is 10.7 Å². The van der Waals surface area contributed by atoms with Gasteiger partial charge >= 0.3 is 0 Å². The summed E-state index contributed by atoms with van der Waals surface area (Å²) < 4.78 is 21.5. The lowest BCUT2D eigenvalue weighted by molar-refractivity contribution is 0.583. The maximum absolute atomic E-state index is 10.7. The monoisotopic (exact) mass is 182 g/mol. The number of hydrogen-bond acceptors (Lipinski definition) is 2. The molecule has 1 fully saturated rings. The first-order valence-electron chi connectivity index (χ1n) is 3.43. The highest BCUT2D eigenvalue weighted by Crippen LogP contribution is 2.31. The minimum Gasteiger partial charge on any atom is -0.212 e. The zero-order chi connectivity index (χ0) is 7.78. The van der Waals surface area contributed by atoms with E-state index < -0.39 is 9.05 Å². The zero-order valence-corrected chi connectivity index (χ0v) is 7.45. The van der Waals surface area contributed by atoms with Crippen LogP contribution in [0.25, 0.3) is 0 Å². The van der Waals surface area contributed by atoms with Gasteiger partial charge < -0.3 is 0 Å². The third-order valence-corrected chi connectivity index (χ3v) is 4.03. The molecule has 60 valence electrons. The largest absolute Gasteiger partial charge is 0.235 e. The molecule has 0 aromatic carbocycles. The van der Waals surface area contributed by atoms with E-state index in [2.05, 4.69) is 6.92 Å². The molecule has 2 atom stereocenters. The van der Waals surface area contributed by atoms with Crippen LogP contribution in [0.4, 0.5) is 0 Å². The molecule has 0 aromatic rings. The van der Waals surface area contributed by atoms with Crippen molar-refractivity contribution in [2.24, 2.45) is 5.92 Å². The zero-order valence-electron chi connectivity index (χ0n) is 5.88. The molecular formula is C6H11ClO2S. The molecular weight excluding hydrogens is 172 g/mol. The Morgan fingerprint density at radius 3 is 2.20 bits per heavy atom. The van der Waals surface area contributed by atoms with Crippen molar-refractivity contribution in [1.29, 1.82) is 0 Å². The van der Waals surface area contributed by atoms with Crippen LogP contribution in [0.3, 0.4) is 0 Å². The lowest BCUT2D eigenvalue weighted by Gasteiger charge is -2.02. The smallest absolute Gasteiger partial charge is 0.212 e. The van der Waals surface area contributed by atoms with E-state index in [1.54, 1.807) is 0 Å². The molecule has 0 saturated heterocycles. The molecule has 0 spiro atoms. The van der Waals surface area contributed by atoms with Crippen molar-refractivity contribution in [2.75, 3.05) is 0 Å². The summed E-state index contributed by atoms with van der Waals surface area (Å²) in [5.41, 5.74) is 0. The Morgan fingerprint density at radius 2 is 2.00 bits per heavy atom. The van der Waals surface area contributed by atoms with Crippen LogP contribution in [0.5, 0.6) is 0 Å². The Bertz CT molecular complexity index is 210. The van der Waals surface area contributed by atoms with E-state index in [1.165, 1.54) is 0 Å². The van der Waals surface area contributed by atoms with Crippen molar-refractivity contribution in [3.63, 3.8) is 0 Å². The predicted octanol–water partition coefficient (Wildman–Crippen LogP) is 1.74. The molecule has 1 aliphatic carbocycles. The molecule has 4 heteroatoms. The van der Waals surface area contributed by atoms with Gasteiger partial charge in [-0.05, 0) is 25.2 Å². The summed E-state index contributed by atoms with van der Waals surface area (Å²) in [5.74, 6) is 0.526. The summed E-state index contributed by atoms with van der Waals surface area (Å²) in [4.78, 5) is 0. The van der Waals surface area contributed by atoms with Crippen LogP contribution in [0, 0.1) is 5.92 Å². The molecule has 0 radical (unpaired) electrons. The highest BCUT2D eigenvalue weighted by molar-refractivity contribution is 8.14. The Balaban J connectivity index is 2.62. The molecule has 1 saturated carbocycles. The third kappa shape index (κ3) is 1.86. The number of halogens is 1. The summed E-state index contributed by atoms with van der Waals surface area (Å²) in [7, 11) is 1.91. The molecule has 0 aliphatic heterocycles. The van der Waals surface area contributed by atoms with E-state index in [1.807, 2.05) is 0 Å². The molecule has 0 amide bonds. The summed E-state index contributed by atoms with van der Waals surface area (Å²) in [6.45, 7) is 2.06. The first-order valence-corrected chi connectivity index (χ1v) is 5.81. The summed E-state index contributed by atoms with van der Waals surface area (Å²) in [6.07, 6.45) is 2.48. The Labute approximate surface area is 66.0 Å². The van der Waals surface area contributed by atoms with Crippen LogP contribution < -0.4 is 0 Å². The van der Waals surface area contributed by atoms with Gasteiger partial charge in [0, 0.05) is 10.7 Å². The fourth-order valence-corrected chi connectivity index (χ4v) is 2.87. The van der Waals surface area contributed by atoms with E-state index in [0.717, 1.165) is 19.3 Å². The predicted molar refractivity (Wildman–Crippen MR) is 41.6 cm³/mol. The Kier molecular flexibility index (Phi) is 2.25. The van der Waals surface area contributed by atoms with Crippen LogP contribution in [-0.4, -0.2) is 13.7 Å². The van der Waals surface area contributed by atoms with Gasteiger partial charge in [0.2, 0.25) is 9.05 Å². The van der Waals surface area contributed by atoms with Crippen molar-refractivity contribution >= 4 is 19.7 Å². The molecule has 1 rings (SSSR count). The minimum atomic E-state index is -3.26. The average molecular weight is 183 g/mol. The maximum Gasteiger partial charge on any atom is 0.235 e. The normalized spacial score (nSPS) is 34.6. The third-order valence-electron chi connectivity index (χ3n) is 2.04. The standard InChI is InChI=1S/C6H11ClO2S/c1-5-2-3-6(4-5)10(7,8)9/h5-6H,2-4H2,1H3/t5-,6+/m0/s1. The molecule has 0 aromatic heterocycles. The first-order chi connectivity index (χ1) is 4.50. The second kappa shape index (κ2) is 2.70. The number of hydrogen-bond donors (Lipinski definition) is 0. The van der Waals surface area contributed by atoms with Gasteiger partial charge in [0.1, 0.15) is 0 Å². The molecule has 2 nitrogen and oxygen atoms in total. The van der Waals surface area contributed by atoms with Gasteiger partial charge in [0.25, 0.3) is 0 Å². The summed E-state index contributed by atoms with van der Waals surface area (Å²) in [5, 5.41) is -0.274. The van der Waals surface area contributed by atoms with Gasteiger partial charge in [-0.1, -0.05) is 6.92 Å². The SMILES string of the molecule is C[C@H]1CC[C@@H](S(=O)(=O)Cl)C1. The topological polar surface area (TPSA) is 34.1 Å². The van der Waals surface area contributed by atoms with Crippen molar-refractivity contribution in [1.82, 2.24) is 0 Å². The summed E-state index contributed by atoms with van der Waals surface area (Å²) in [6, 6.07) is 0. The second-order valence-electron chi connectivity index (χ2n) is 3.02. The first kappa shape index (κ1) is 8.34. The van der Waals surface area contributed by atoms with Crippen LogP contribution in [-0.2, 0) is 9.05 Å². The highest BCUT2D eigenvalue weighted by atomic mass is 35.7. The van der Waals surface area contributed by atoms with E-state index in [9.17, 15) is 8.42 Å². The van der Waals surface area contributed by atoms with Gasteiger partial charge in [-0.2, -0.15) is 0 Å². The maximum atomic E-state index is 10.7. The lowest BCUT2D eigenvalue weighted by Crippen LogP contribution is -2.11. The van der Waals surface area contributed by atoms with Gasteiger partial charge in [-0.15, -0.1) is 0 Å². The van der Waals surface area contributed by atoms with Gasteiger partial charge in [0.05, 0.1) is 5.25 Å². The Morgan fingerprint density at radius 1 is 1.40 bits per heavy atom. The van der Waals surface area contributed by atoms with E-state index in [-0.39, 0.29) is 5.25 Å². The highest BCUT2D eigenvalue weighted by Gasteiger charge is 2.30. The van der Waals surface area contributed by atoms with Crippen LogP contribution >= 0.6 is 10.7 Å². The fourth-order valence-electron chi connectivity index (χ4n) is 1.41. The minimum absolute atomic E-state index is 0.274. The van der Waals surface area contributed by atoms with Crippen molar-refractivity contribution in [3.05, 3.63) is 0 Å². The van der Waals surface area contributed by atoms with Gasteiger partial charge in [-0.25, -0.2) is 8.42 Å². The fraction of sp³-hybridized carbons (Fsp3) is 1.00. The molecule has 0 bridgehead atoms. The van der Waals surface area contributed by atoms with Crippen LogP contribution in [0.1, 0.15) is 26.2 Å². The van der Waals surface area contributed by atoms with Gasteiger partial charge in [-0.3, -0.25) is 0 Å². The molecule has 0 N–H and O–H groups in total. The van der Waals surface area contributed by atoms with Crippen LogP contribution in [0.15, 0.2) is 0 Å². The molecule has 0 unspecified atom stereocenters. The Hall–Kier alpha value is 0.240. The average Bonchev–Trinajstić information content (AvgIpc) is 2.11. The lowest BCUT2D eigenvalue weighted by atomic mass is 10.1. The second-order valence-corrected chi connectivity index (χ2v) is 5.92. The number of rotatable bonds is 1. The van der Waals surface area contributed by atoms with Gasteiger partial charge in [0.15, 0.2) is 0 Å². The van der Waals surface area contributed by atoms with Crippen molar-refractivity contribution < 1.29 is 8.42 Å².